The highest BCUT2D eigenvalue weighted by atomic mass is 35.5. The van der Waals surface area contributed by atoms with Crippen LogP contribution in [0.4, 0.5) is 4.39 Å². The standard InChI is InChI=1S/C18H21ClFN/c1-4-9-21-18(15-7-5-12(2)10-13(15)3)16-11-14(19)6-8-17(16)20/h5-8,10-11,18,21H,4,9H2,1-3H3. The molecule has 112 valence electrons. The lowest BCUT2D eigenvalue weighted by atomic mass is 9.93. The third-order valence-corrected chi connectivity index (χ3v) is 3.84. The second-order valence-electron chi connectivity index (χ2n) is 5.41. The fourth-order valence-electron chi connectivity index (χ4n) is 2.56. The molecule has 2 aromatic rings. The van der Waals surface area contributed by atoms with Crippen molar-refractivity contribution in [3.05, 3.63) is 69.5 Å². The zero-order valence-corrected chi connectivity index (χ0v) is 13.5. The Morgan fingerprint density at radius 2 is 1.86 bits per heavy atom. The number of rotatable bonds is 5. The van der Waals surface area contributed by atoms with E-state index in [1.54, 1.807) is 12.1 Å². The lowest BCUT2D eigenvalue weighted by molar-refractivity contribution is 0.545. The maximum atomic E-state index is 14.2. The summed E-state index contributed by atoms with van der Waals surface area (Å²) in [6.45, 7) is 7.04. The van der Waals surface area contributed by atoms with E-state index in [9.17, 15) is 4.39 Å². The summed E-state index contributed by atoms with van der Waals surface area (Å²) in [5.41, 5.74) is 4.05. The highest BCUT2D eigenvalue weighted by molar-refractivity contribution is 6.30. The van der Waals surface area contributed by atoms with Gasteiger partial charge < -0.3 is 5.32 Å². The summed E-state index contributed by atoms with van der Waals surface area (Å²) in [4.78, 5) is 0. The van der Waals surface area contributed by atoms with E-state index in [4.69, 9.17) is 11.6 Å². The van der Waals surface area contributed by atoms with Crippen LogP contribution in [0, 0.1) is 19.7 Å². The molecule has 0 aliphatic heterocycles. The highest BCUT2D eigenvalue weighted by Gasteiger charge is 2.19. The van der Waals surface area contributed by atoms with Crippen LogP contribution in [0.2, 0.25) is 5.02 Å². The van der Waals surface area contributed by atoms with Crippen LogP contribution in [0.1, 0.15) is 41.6 Å². The normalized spacial score (nSPS) is 12.4. The van der Waals surface area contributed by atoms with E-state index in [1.165, 1.54) is 11.6 Å². The lowest BCUT2D eigenvalue weighted by Crippen LogP contribution is -2.25. The molecule has 0 radical (unpaired) electrons. The predicted octanol–water partition coefficient (Wildman–Crippen LogP) is 5.18. The monoisotopic (exact) mass is 305 g/mol. The van der Waals surface area contributed by atoms with Gasteiger partial charge in [-0.3, -0.25) is 0 Å². The van der Waals surface area contributed by atoms with Crippen molar-refractivity contribution in [3.63, 3.8) is 0 Å². The van der Waals surface area contributed by atoms with Crippen molar-refractivity contribution >= 4 is 11.6 Å². The molecule has 1 atom stereocenters. The molecular weight excluding hydrogens is 285 g/mol. The number of halogens is 2. The summed E-state index contributed by atoms with van der Waals surface area (Å²) in [5.74, 6) is -0.229. The predicted molar refractivity (Wildman–Crippen MR) is 87.5 cm³/mol. The number of nitrogens with one attached hydrogen (secondary N) is 1. The lowest BCUT2D eigenvalue weighted by Gasteiger charge is -2.22. The average Bonchev–Trinajstić information content (AvgIpc) is 2.44. The van der Waals surface area contributed by atoms with E-state index in [1.807, 2.05) is 0 Å². The Morgan fingerprint density at radius 1 is 1.10 bits per heavy atom. The Bertz CT molecular complexity index is 625. The molecule has 0 amide bonds. The van der Waals surface area contributed by atoms with E-state index in [2.05, 4.69) is 44.3 Å². The third kappa shape index (κ3) is 3.84. The van der Waals surface area contributed by atoms with Gasteiger partial charge in [-0.2, -0.15) is 0 Å². The molecule has 2 aromatic carbocycles. The van der Waals surface area contributed by atoms with Crippen LogP contribution in [0.5, 0.6) is 0 Å². The van der Waals surface area contributed by atoms with Gasteiger partial charge in [0.2, 0.25) is 0 Å². The van der Waals surface area contributed by atoms with Crippen LogP contribution in [0.3, 0.4) is 0 Å². The largest absolute Gasteiger partial charge is 0.306 e. The zero-order valence-electron chi connectivity index (χ0n) is 12.7. The number of aryl methyl sites for hydroxylation is 2. The summed E-state index contributed by atoms with van der Waals surface area (Å²) in [6.07, 6.45) is 0.990. The first-order valence-corrected chi connectivity index (χ1v) is 7.66. The van der Waals surface area contributed by atoms with Gasteiger partial charge in [0, 0.05) is 10.6 Å². The van der Waals surface area contributed by atoms with Gasteiger partial charge in [-0.25, -0.2) is 4.39 Å². The van der Waals surface area contributed by atoms with Crippen LogP contribution in [-0.4, -0.2) is 6.54 Å². The highest BCUT2D eigenvalue weighted by Crippen LogP contribution is 2.29. The molecule has 0 bridgehead atoms. The number of benzene rings is 2. The molecule has 0 aliphatic rings. The summed E-state index contributed by atoms with van der Waals surface area (Å²) in [6, 6.07) is 10.8. The zero-order chi connectivity index (χ0) is 15.4. The molecule has 0 saturated heterocycles. The van der Waals surface area contributed by atoms with E-state index in [0.29, 0.717) is 10.6 Å². The Kier molecular flexibility index (Phi) is 5.38. The third-order valence-electron chi connectivity index (χ3n) is 3.60. The van der Waals surface area contributed by atoms with Crippen LogP contribution in [0.25, 0.3) is 0 Å². The minimum Gasteiger partial charge on any atom is -0.306 e. The van der Waals surface area contributed by atoms with Crippen molar-refractivity contribution in [2.24, 2.45) is 0 Å². The summed E-state index contributed by atoms with van der Waals surface area (Å²) >= 11 is 6.05. The molecule has 2 rings (SSSR count). The van der Waals surface area contributed by atoms with E-state index >= 15 is 0 Å². The van der Waals surface area contributed by atoms with Crippen molar-refractivity contribution in [2.45, 2.75) is 33.2 Å². The molecule has 0 aliphatic carbocycles. The summed E-state index contributed by atoms with van der Waals surface area (Å²) < 4.78 is 14.2. The second-order valence-corrected chi connectivity index (χ2v) is 5.85. The Morgan fingerprint density at radius 3 is 2.52 bits per heavy atom. The Labute approximate surface area is 131 Å². The van der Waals surface area contributed by atoms with E-state index in [-0.39, 0.29) is 11.9 Å². The number of hydrogen-bond acceptors (Lipinski definition) is 1. The van der Waals surface area contributed by atoms with Crippen molar-refractivity contribution in [2.75, 3.05) is 6.54 Å². The van der Waals surface area contributed by atoms with E-state index in [0.717, 1.165) is 24.1 Å². The smallest absolute Gasteiger partial charge is 0.128 e. The minimum absolute atomic E-state index is 0.177. The maximum Gasteiger partial charge on any atom is 0.128 e. The molecule has 0 aromatic heterocycles. The van der Waals surface area contributed by atoms with Crippen LogP contribution >= 0.6 is 11.6 Å². The Balaban J connectivity index is 2.49. The van der Waals surface area contributed by atoms with Crippen LogP contribution < -0.4 is 5.32 Å². The van der Waals surface area contributed by atoms with Gasteiger partial charge >= 0.3 is 0 Å². The molecule has 0 spiro atoms. The first-order valence-electron chi connectivity index (χ1n) is 7.28. The van der Waals surface area contributed by atoms with Gasteiger partial charge in [0.05, 0.1) is 6.04 Å². The molecule has 0 fully saturated rings. The quantitative estimate of drug-likeness (QED) is 0.802. The maximum absolute atomic E-state index is 14.2. The first kappa shape index (κ1) is 16.0. The number of hydrogen-bond donors (Lipinski definition) is 1. The second kappa shape index (κ2) is 7.06. The van der Waals surface area contributed by atoms with Gasteiger partial charge in [-0.15, -0.1) is 0 Å². The van der Waals surface area contributed by atoms with E-state index < -0.39 is 0 Å². The van der Waals surface area contributed by atoms with Crippen molar-refractivity contribution in [1.29, 1.82) is 0 Å². The molecule has 21 heavy (non-hydrogen) atoms. The van der Waals surface area contributed by atoms with Gasteiger partial charge in [0.1, 0.15) is 5.82 Å². The first-order chi connectivity index (χ1) is 10.0. The molecule has 0 heterocycles. The molecule has 1 unspecified atom stereocenters. The van der Waals surface area contributed by atoms with Gasteiger partial charge in [0.15, 0.2) is 0 Å². The average molecular weight is 306 g/mol. The topological polar surface area (TPSA) is 12.0 Å². The van der Waals surface area contributed by atoms with Gasteiger partial charge in [-0.05, 0) is 56.1 Å². The SMILES string of the molecule is CCCNC(c1ccc(C)cc1C)c1cc(Cl)ccc1F. The van der Waals surface area contributed by atoms with Crippen LogP contribution in [0.15, 0.2) is 36.4 Å². The molecule has 1 N–H and O–H groups in total. The van der Waals surface area contributed by atoms with Gasteiger partial charge in [0.25, 0.3) is 0 Å². The van der Waals surface area contributed by atoms with Gasteiger partial charge in [-0.1, -0.05) is 42.3 Å². The fourth-order valence-corrected chi connectivity index (χ4v) is 2.74. The van der Waals surface area contributed by atoms with Crippen molar-refractivity contribution < 1.29 is 4.39 Å². The Hall–Kier alpha value is -1.38. The fraction of sp³-hybridized carbons (Fsp3) is 0.333. The molecule has 3 heteroatoms. The summed E-state index contributed by atoms with van der Waals surface area (Å²) in [5, 5.41) is 3.99. The molecular formula is C18H21ClFN. The summed E-state index contributed by atoms with van der Waals surface area (Å²) in [7, 11) is 0. The minimum atomic E-state index is -0.229. The molecule has 1 nitrogen and oxygen atoms in total. The van der Waals surface area contributed by atoms with Crippen LogP contribution in [-0.2, 0) is 0 Å². The molecule has 0 saturated carbocycles. The van der Waals surface area contributed by atoms with Crippen molar-refractivity contribution in [1.82, 2.24) is 5.32 Å². The van der Waals surface area contributed by atoms with Crippen molar-refractivity contribution in [3.8, 4) is 0 Å².